The lowest BCUT2D eigenvalue weighted by atomic mass is 9.96. The molecule has 1 atom stereocenters. The highest BCUT2D eigenvalue weighted by atomic mass is 79.9. The zero-order valence-corrected chi connectivity index (χ0v) is 12.1. The van der Waals surface area contributed by atoms with Crippen molar-refractivity contribution >= 4 is 21.8 Å². The quantitative estimate of drug-likeness (QED) is 0.890. The van der Waals surface area contributed by atoms with E-state index in [4.69, 9.17) is 0 Å². The van der Waals surface area contributed by atoms with Crippen molar-refractivity contribution in [3.05, 3.63) is 22.4 Å². The van der Waals surface area contributed by atoms with Crippen LogP contribution in [0, 0.1) is 5.92 Å². The summed E-state index contributed by atoms with van der Waals surface area (Å²) in [6.45, 7) is 0.927. The van der Waals surface area contributed by atoms with Crippen LogP contribution in [0.5, 0.6) is 0 Å². The van der Waals surface area contributed by atoms with Crippen LogP contribution in [-0.4, -0.2) is 28.4 Å². The van der Waals surface area contributed by atoms with E-state index in [1.54, 1.807) is 0 Å². The third kappa shape index (κ3) is 2.22. The highest BCUT2D eigenvalue weighted by Gasteiger charge is 2.36. The van der Waals surface area contributed by atoms with Crippen LogP contribution < -0.4 is 0 Å². The number of nitrogens with zero attached hydrogens (tertiary/aromatic N) is 1. The number of aromatic amines is 1. The largest absolute Gasteiger partial charge is 0.356 e. The van der Waals surface area contributed by atoms with Crippen LogP contribution in [-0.2, 0) is 0 Å². The summed E-state index contributed by atoms with van der Waals surface area (Å²) in [7, 11) is 0. The number of amides is 1. The molecule has 4 heteroatoms. The second kappa shape index (κ2) is 5.08. The fourth-order valence-corrected chi connectivity index (χ4v) is 3.87. The molecule has 1 saturated heterocycles. The smallest absolute Gasteiger partial charge is 0.270 e. The minimum absolute atomic E-state index is 0.176. The summed E-state index contributed by atoms with van der Waals surface area (Å²) in [6, 6.07) is 2.37. The maximum atomic E-state index is 12.5. The van der Waals surface area contributed by atoms with Gasteiger partial charge in [-0.2, -0.15) is 0 Å². The minimum atomic E-state index is 0.176. The van der Waals surface area contributed by atoms with Gasteiger partial charge >= 0.3 is 0 Å². The maximum absolute atomic E-state index is 12.5. The van der Waals surface area contributed by atoms with E-state index in [1.807, 2.05) is 12.3 Å². The molecule has 1 aliphatic carbocycles. The summed E-state index contributed by atoms with van der Waals surface area (Å²) in [4.78, 5) is 17.7. The molecule has 0 spiro atoms. The van der Waals surface area contributed by atoms with E-state index in [0.717, 1.165) is 23.4 Å². The van der Waals surface area contributed by atoms with E-state index in [9.17, 15) is 4.79 Å². The second-order valence-electron chi connectivity index (χ2n) is 5.48. The number of H-pyrrole nitrogens is 1. The summed E-state index contributed by atoms with van der Waals surface area (Å²) in [5, 5.41) is 0. The Morgan fingerprint density at radius 3 is 2.72 bits per heavy atom. The molecule has 1 N–H and O–H groups in total. The fraction of sp³-hybridized carbons (Fsp3) is 0.643. The van der Waals surface area contributed by atoms with Gasteiger partial charge in [-0.25, -0.2) is 0 Å². The molecule has 3 rings (SSSR count). The van der Waals surface area contributed by atoms with E-state index in [2.05, 4.69) is 25.8 Å². The van der Waals surface area contributed by atoms with Crippen molar-refractivity contribution in [2.45, 2.75) is 44.6 Å². The molecule has 1 saturated carbocycles. The van der Waals surface area contributed by atoms with Crippen molar-refractivity contribution in [3.63, 3.8) is 0 Å². The highest BCUT2D eigenvalue weighted by Crippen LogP contribution is 2.36. The zero-order valence-electron chi connectivity index (χ0n) is 10.5. The Bertz CT molecular complexity index is 437. The molecule has 98 valence electrons. The molecule has 0 aromatic carbocycles. The normalized spacial score (nSPS) is 24.9. The SMILES string of the molecule is O=C(c1cc(Br)c[nH]1)N1CCCC1C1CCCC1. The summed E-state index contributed by atoms with van der Waals surface area (Å²) >= 11 is 3.39. The first-order valence-corrected chi connectivity index (χ1v) is 7.70. The van der Waals surface area contributed by atoms with Crippen molar-refractivity contribution in [2.24, 2.45) is 5.92 Å². The summed E-state index contributed by atoms with van der Waals surface area (Å²) in [5.74, 6) is 0.921. The van der Waals surface area contributed by atoms with Gasteiger partial charge in [-0.3, -0.25) is 4.79 Å². The number of hydrogen-bond acceptors (Lipinski definition) is 1. The topological polar surface area (TPSA) is 36.1 Å². The van der Waals surface area contributed by atoms with Crippen LogP contribution in [0.4, 0.5) is 0 Å². The molecular weight excluding hydrogens is 292 g/mol. The number of carbonyl (C=O) groups excluding carboxylic acids is 1. The summed E-state index contributed by atoms with van der Waals surface area (Å²) in [6.07, 6.45) is 9.49. The molecule has 1 aromatic rings. The van der Waals surface area contributed by atoms with Gasteiger partial charge in [-0.05, 0) is 53.6 Å². The number of likely N-dealkylation sites (tertiary alicyclic amines) is 1. The van der Waals surface area contributed by atoms with Crippen molar-refractivity contribution in [3.8, 4) is 0 Å². The first-order valence-electron chi connectivity index (χ1n) is 6.90. The van der Waals surface area contributed by atoms with E-state index < -0.39 is 0 Å². The predicted octanol–water partition coefficient (Wildman–Crippen LogP) is 3.57. The van der Waals surface area contributed by atoms with E-state index >= 15 is 0 Å². The van der Waals surface area contributed by atoms with Crippen LogP contribution in [0.15, 0.2) is 16.7 Å². The van der Waals surface area contributed by atoms with Gasteiger partial charge in [0.05, 0.1) is 0 Å². The molecule has 1 aliphatic heterocycles. The monoisotopic (exact) mass is 310 g/mol. The van der Waals surface area contributed by atoms with E-state index in [1.165, 1.54) is 32.1 Å². The molecule has 18 heavy (non-hydrogen) atoms. The number of hydrogen-bond donors (Lipinski definition) is 1. The van der Waals surface area contributed by atoms with Crippen LogP contribution >= 0.6 is 15.9 Å². The molecule has 1 amide bonds. The first-order chi connectivity index (χ1) is 8.75. The van der Waals surface area contributed by atoms with E-state index in [-0.39, 0.29) is 5.91 Å². The molecule has 1 unspecified atom stereocenters. The van der Waals surface area contributed by atoms with Crippen molar-refractivity contribution in [1.29, 1.82) is 0 Å². The van der Waals surface area contributed by atoms with Crippen LogP contribution in [0.2, 0.25) is 0 Å². The Morgan fingerprint density at radius 2 is 2.06 bits per heavy atom. The highest BCUT2D eigenvalue weighted by molar-refractivity contribution is 9.10. The Morgan fingerprint density at radius 1 is 1.28 bits per heavy atom. The van der Waals surface area contributed by atoms with Gasteiger partial charge in [0.2, 0.25) is 0 Å². The number of nitrogens with one attached hydrogen (secondary N) is 1. The second-order valence-corrected chi connectivity index (χ2v) is 6.40. The summed E-state index contributed by atoms with van der Waals surface area (Å²) in [5.41, 5.74) is 0.715. The lowest BCUT2D eigenvalue weighted by Gasteiger charge is -2.29. The van der Waals surface area contributed by atoms with Crippen molar-refractivity contribution in [1.82, 2.24) is 9.88 Å². The zero-order chi connectivity index (χ0) is 12.5. The Kier molecular flexibility index (Phi) is 3.46. The Hall–Kier alpha value is -0.770. The standard InChI is InChI=1S/C14H19BrN2O/c15-11-8-12(16-9-11)14(18)17-7-3-6-13(17)10-4-1-2-5-10/h8-10,13,16H,1-7H2. The Labute approximate surface area is 116 Å². The number of carbonyl (C=O) groups is 1. The van der Waals surface area contributed by atoms with Crippen LogP contribution in [0.25, 0.3) is 0 Å². The van der Waals surface area contributed by atoms with Crippen LogP contribution in [0.3, 0.4) is 0 Å². The predicted molar refractivity (Wildman–Crippen MR) is 74.5 cm³/mol. The van der Waals surface area contributed by atoms with Gasteiger partial charge in [0.15, 0.2) is 0 Å². The number of aromatic nitrogens is 1. The van der Waals surface area contributed by atoms with Gasteiger partial charge in [-0.1, -0.05) is 12.8 Å². The molecule has 3 nitrogen and oxygen atoms in total. The Balaban J connectivity index is 1.75. The van der Waals surface area contributed by atoms with Gasteiger partial charge in [0, 0.05) is 23.3 Å². The fourth-order valence-electron chi connectivity index (χ4n) is 3.52. The van der Waals surface area contributed by atoms with Crippen molar-refractivity contribution < 1.29 is 4.79 Å². The average molecular weight is 311 g/mol. The molecule has 2 aliphatic rings. The lowest BCUT2D eigenvalue weighted by Crippen LogP contribution is -2.39. The van der Waals surface area contributed by atoms with Gasteiger partial charge in [-0.15, -0.1) is 0 Å². The van der Waals surface area contributed by atoms with Gasteiger partial charge in [0.1, 0.15) is 5.69 Å². The molecule has 1 aromatic heterocycles. The molecule has 0 bridgehead atoms. The molecule has 0 radical (unpaired) electrons. The maximum Gasteiger partial charge on any atom is 0.270 e. The van der Waals surface area contributed by atoms with Crippen LogP contribution in [0.1, 0.15) is 49.0 Å². The van der Waals surface area contributed by atoms with Gasteiger partial charge < -0.3 is 9.88 Å². The van der Waals surface area contributed by atoms with Crippen molar-refractivity contribution in [2.75, 3.05) is 6.54 Å². The van der Waals surface area contributed by atoms with E-state index in [0.29, 0.717) is 11.7 Å². The third-order valence-electron chi connectivity index (χ3n) is 4.38. The molecule has 2 heterocycles. The summed E-state index contributed by atoms with van der Waals surface area (Å²) < 4.78 is 0.947. The number of halogens is 1. The molecular formula is C14H19BrN2O. The number of rotatable bonds is 2. The minimum Gasteiger partial charge on any atom is -0.356 e. The first kappa shape index (κ1) is 12.3. The third-order valence-corrected chi connectivity index (χ3v) is 4.84. The lowest BCUT2D eigenvalue weighted by molar-refractivity contribution is 0.0684. The average Bonchev–Trinajstić information content (AvgIpc) is 3.08. The van der Waals surface area contributed by atoms with Gasteiger partial charge in [0.25, 0.3) is 5.91 Å². The molecule has 2 fully saturated rings.